The van der Waals surface area contributed by atoms with E-state index in [0.717, 1.165) is 21.5 Å². The van der Waals surface area contributed by atoms with Gasteiger partial charge >= 0.3 is 5.97 Å². The number of rotatable bonds is 3. The number of thiazole rings is 1. The second kappa shape index (κ2) is 7.64. The number of hydrogen-bond donors (Lipinski definition) is 0. The molecular weight excluding hydrogens is 496 g/mol. The topological polar surface area (TPSA) is 93.9 Å². The molecule has 0 N–H and O–H groups in total. The molecule has 0 aliphatic carbocycles. The number of carbonyl (C=O) groups excluding carboxylic acids is 2. The number of para-hydroxylation sites is 1. The van der Waals surface area contributed by atoms with Crippen LogP contribution in [0.2, 0.25) is 0 Å². The first-order valence-electron chi connectivity index (χ1n) is 9.72. The number of anilines is 1. The van der Waals surface area contributed by atoms with Crippen LogP contribution >= 0.6 is 27.3 Å². The third kappa shape index (κ3) is 3.14. The summed E-state index contributed by atoms with van der Waals surface area (Å²) in [4.78, 5) is 44.3. The molecule has 1 amide bonds. The number of fused-ring (bicyclic) bond motifs is 2. The van der Waals surface area contributed by atoms with E-state index >= 15 is 0 Å². The maximum Gasteiger partial charge on any atom is 0.308 e. The van der Waals surface area contributed by atoms with Crippen molar-refractivity contribution in [3.63, 3.8) is 0 Å². The Morgan fingerprint density at radius 2 is 1.94 bits per heavy atom. The Balaban J connectivity index is 1.71. The summed E-state index contributed by atoms with van der Waals surface area (Å²) in [5, 5.41) is 4.34. The van der Waals surface area contributed by atoms with Crippen molar-refractivity contribution >= 4 is 55.4 Å². The zero-order chi connectivity index (χ0) is 22.6. The third-order valence-corrected chi connectivity index (χ3v) is 6.58. The normalized spacial score (nSPS) is 14.8. The number of nitrogens with zero attached hydrogens (tertiary/aromatic N) is 4. The molecule has 0 bridgehead atoms. The van der Waals surface area contributed by atoms with Gasteiger partial charge < -0.3 is 9.64 Å². The van der Waals surface area contributed by atoms with Crippen molar-refractivity contribution in [2.45, 2.75) is 13.8 Å². The van der Waals surface area contributed by atoms with Gasteiger partial charge in [0.25, 0.3) is 11.5 Å². The highest BCUT2D eigenvalue weighted by atomic mass is 79.9. The van der Waals surface area contributed by atoms with E-state index in [0.29, 0.717) is 38.5 Å². The van der Waals surface area contributed by atoms with Crippen LogP contribution in [0.1, 0.15) is 19.4 Å². The van der Waals surface area contributed by atoms with Crippen molar-refractivity contribution in [1.29, 1.82) is 0 Å². The predicted octanol–water partition coefficient (Wildman–Crippen LogP) is 2.79. The number of aromatic nitrogens is 3. The number of hydrogen-bond acceptors (Lipinski definition) is 7. The maximum absolute atomic E-state index is 13.2. The van der Waals surface area contributed by atoms with Crippen molar-refractivity contribution in [1.82, 2.24) is 14.6 Å². The Hall–Kier alpha value is -3.37. The highest BCUT2D eigenvalue weighted by Crippen LogP contribution is 2.37. The first-order valence-corrected chi connectivity index (χ1v) is 11.3. The number of esters is 1. The highest BCUT2D eigenvalue weighted by molar-refractivity contribution is 9.10. The van der Waals surface area contributed by atoms with Crippen LogP contribution in [0.15, 0.2) is 51.7 Å². The third-order valence-electron chi connectivity index (χ3n) is 5.06. The molecule has 8 nitrogen and oxygen atoms in total. The largest absolute Gasteiger partial charge is 0.426 e. The Morgan fingerprint density at radius 1 is 1.16 bits per heavy atom. The number of halogens is 1. The fourth-order valence-electron chi connectivity index (χ4n) is 3.73. The molecule has 5 rings (SSSR count). The van der Waals surface area contributed by atoms with Gasteiger partial charge in [-0.05, 0) is 37.3 Å². The number of benzene rings is 2. The van der Waals surface area contributed by atoms with E-state index < -0.39 is 11.5 Å². The van der Waals surface area contributed by atoms with E-state index in [1.807, 2.05) is 25.1 Å². The van der Waals surface area contributed by atoms with Crippen LogP contribution in [0.3, 0.4) is 0 Å². The molecule has 160 valence electrons. The molecule has 3 heterocycles. The quantitative estimate of drug-likeness (QED) is 0.310. The molecule has 4 aromatic rings. The molecule has 2 aromatic heterocycles. The molecule has 32 heavy (non-hydrogen) atoms. The van der Waals surface area contributed by atoms with Crippen molar-refractivity contribution in [2.24, 2.45) is 0 Å². The van der Waals surface area contributed by atoms with Gasteiger partial charge in [0.15, 0.2) is 5.82 Å². The lowest BCUT2D eigenvalue weighted by Gasteiger charge is -2.13. The lowest BCUT2D eigenvalue weighted by atomic mass is 10.1. The molecule has 0 fully saturated rings. The zero-order valence-corrected chi connectivity index (χ0v) is 19.4. The monoisotopic (exact) mass is 510 g/mol. The molecule has 0 saturated carbocycles. The Labute approximate surface area is 193 Å². The number of carbonyl (C=O) groups is 2. The van der Waals surface area contributed by atoms with Gasteiger partial charge in [0.1, 0.15) is 10.3 Å². The second-order valence-corrected chi connectivity index (χ2v) is 8.94. The van der Waals surface area contributed by atoms with Crippen LogP contribution < -0.4 is 19.7 Å². The van der Waals surface area contributed by atoms with Crippen molar-refractivity contribution in [3.05, 3.63) is 67.4 Å². The van der Waals surface area contributed by atoms with E-state index in [2.05, 4.69) is 26.0 Å². The summed E-state index contributed by atoms with van der Waals surface area (Å²) >= 11 is 4.56. The van der Waals surface area contributed by atoms with E-state index in [1.54, 1.807) is 29.2 Å². The summed E-state index contributed by atoms with van der Waals surface area (Å²) in [5.41, 5.74) is 1.90. The van der Waals surface area contributed by atoms with Crippen LogP contribution in [0.25, 0.3) is 21.9 Å². The SMILES string of the molecule is CCN1C(=O)C(=c2sc3nc(-c4ccccc4OC(C)=O)nn3c2=O)c2cc(Br)ccc21. The van der Waals surface area contributed by atoms with E-state index in [1.165, 1.54) is 11.4 Å². The Bertz CT molecular complexity index is 1540. The maximum atomic E-state index is 13.2. The van der Waals surface area contributed by atoms with Crippen molar-refractivity contribution < 1.29 is 14.3 Å². The number of amides is 1. The predicted molar refractivity (Wildman–Crippen MR) is 124 cm³/mol. The molecule has 0 unspecified atom stereocenters. The molecule has 10 heteroatoms. The van der Waals surface area contributed by atoms with Gasteiger partial charge in [0.05, 0.1) is 16.8 Å². The summed E-state index contributed by atoms with van der Waals surface area (Å²) in [6, 6.07) is 12.4. The Kier molecular flexibility index (Phi) is 4.90. The van der Waals surface area contributed by atoms with E-state index in [-0.39, 0.29) is 11.7 Å². The average molecular weight is 511 g/mol. The van der Waals surface area contributed by atoms with Crippen LogP contribution in [0.4, 0.5) is 5.69 Å². The smallest absolute Gasteiger partial charge is 0.308 e. The summed E-state index contributed by atoms with van der Waals surface area (Å²) in [6.45, 7) is 3.69. The van der Waals surface area contributed by atoms with Crippen LogP contribution in [-0.2, 0) is 9.59 Å². The highest BCUT2D eigenvalue weighted by Gasteiger charge is 2.33. The van der Waals surface area contributed by atoms with Gasteiger partial charge in [-0.1, -0.05) is 39.4 Å². The molecule has 0 atom stereocenters. The minimum atomic E-state index is -0.466. The van der Waals surface area contributed by atoms with Gasteiger partial charge in [0, 0.05) is 23.5 Å². The minimum absolute atomic E-state index is 0.220. The molecule has 0 spiro atoms. The molecule has 0 saturated heterocycles. The molecule has 2 aromatic carbocycles. The zero-order valence-electron chi connectivity index (χ0n) is 17.0. The van der Waals surface area contributed by atoms with Gasteiger partial charge in [-0.15, -0.1) is 5.10 Å². The Morgan fingerprint density at radius 3 is 2.66 bits per heavy atom. The van der Waals surface area contributed by atoms with Crippen LogP contribution in [-0.4, -0.2) is 33.0 Å². The van der Waals surface area contributed by atoms with Gasteiger partial charge in [-0.2, -0.15) is 9.50 Å². The summed E-state index contributed by atoms with van der Waals surface area (Å²) < 4.78 is 7.53. The van der Waals surface area contributed by atoms with E-state index in [4.69, 9.17) is 4.74 Å². The molecule has 1 aliphatic rings. The van der Waals surface area contributed by atoms with Crippen molar-refractivity contribution in [3.8, 4) is 17.1 Å². The van der Waals surface area contributed by atoms with Gasteiger partial charge in [-0.3, -0.25) is 14.4 Å². The summed E-state index contributed by atoms with van der Waals surface area (Å²) in [7, 11) is 0. The average Bonchev–Trinajstić information content (AvgIpc) is 3.38. The first-order chi connectivity index (χ1) is 15.4. The molecule has 1 aliphatic heterocycles. The molecular formula is C22H15BrN4O4S. The lowest BCUT2D eigenvalue weighted by molar-refractivity contribution is -0.131. The van der Waals surface area contributed by atoms with Crippen LogP contribution in [0, 0.1) is 0 Å². The van der Waals surface area contributed by atoms with Gasteiger partial charge in [0.2, 0.25) is 4.96 Å². The first kappa shape index (κ1) is 20.5. The number of ether oxygens (including phenoxy) is 1. The van der Waals surface area contributed by atoms with Crippen LogP contribution in [0.5, 0.6) is 5.75 Å². The second-order valence-electron chi connectivity index (χ2n) is 7.04. The molecule has 0 radical (unpaired) electrons. The van der Waals surface area contributed by atoms with E-state index in [9.17, 15) is 14.4 Å². The standard InChI is InChI=1S/C22H15BrN4O4S/c1-3-26-15-9-8-12(23)10-14(15)17(20(26)29)18-21(30)27-22(32-18)24-19(25-27)13-6-4-5-7-16(13)31-11(2)28/h4-10H,3H2,1-2H3. The fraction of sp³-hybridized carbons (Fsp3) is 0.136. The number of likely N-dealkylation sites (N-methyl/N-ethyl adjacent to an activating group) is 1. The minimum Gasteiger partial charge on any atom is -0.426 e. The lowest BCUT2D eigenvalue weighted by Crippen LogP contribution is -2.32. The fourth-order valence-corrected chi connectivity index (χ4v) is 5.09. The van der Waals surface area contributed by atoms with Crippen molar-refractivity contribution in [2.75, 3.05) is 11.4 Å². The van der Waals surface area contributed by atoms with Gasteiger partial charge in [-0.25, -0.2) is 0 Å². The summed E-state index contributed by atoms with van der Waals surface area (Å²) in [5.74, 6) is -0.115. The summed E-state index contributed by atoms with van der Waals surface area (Å²) in [6.07, 6.45) is 0.